The topological polar surface area (TPSA) is 84.4 Å². The van der Waals surface area contributed by atoms with Crippen molar-refractivity contribution in [2.24, 2.45) is 0 Å². The van der Waals surface area contributed by atoms with Crippen molar-refractivity contribution in [3.05, 3.63) is 40.0 Å². The van der Waals surface area contributed by atoms with Gasteiger partial charge in [0.15, 0.2) is 6.17 Å². The van der Waals surface area contributed by atoms with Crippen molar-refractivity contribution in [2.45, 2.75) is 38.6 Å². The summed E-state index contributed by atoms with van der Waals surface area (Å²) in [5, 5.41) is 3.51. The second-order valence-corrected chi connectivity index (χ2v) is 9.53. The molecular weight excluding hydrogens is 455 g/mol. The summed E-state index contributed by atoms with van der Waals surface area (Å²) in [5.41, 5.74) is 2.75. The zero-order valence-corrected chi connectivity index (χ0v) is 18.8. The van der Waals surface area contributed by atoms with E-state index in [0.29, 0.717) is 34.1 Å². The number of likely N-dealkylation sites (tertiary alicyclic amines) is 1. The molecule has 0 saturated carbocycles. The molecule has 2 saturated heterocycles. The standard InChI is InChI=1S/C22H20ClFN4O3S/c1-11-4-12(23)5-14(21(11)31-17-8-25-7-15(17)24)20-22-16(26-10-27-20)6-13(32-22)9-28-18(29)2-3-19(28)30/h4-6,10,15,17,25H,2-3,7-9H2,1H3/t15-,17+/m0/s1. The lowest BCUT2D eigenvalue weighted by atomic mass is 10.1. The van der Waals surface area contributed by atoms with Gasteiger partial charge in [-0.2, -0.15) is 0 Å². The van der Waals surface area contributed by atoms with Crippen LogP contribution in [0, 0.1) is 6.92 Å². The Balaban J connectivity index is 1.56. The number of rotatable bonds is 5. The number of nitrogens with zero attached hydrogens (tertiary/aromatic N) is 3. The molecule has 166 valence electrons. The molecule has 5 rings (SSSR count). The molecule has 0 radical (unpaired) electrons. The van der Waals surface area contributed by atoms with Gasteiger partial charge < -0.3 is 10.1 Å². The Morgan fingerprint density at radius 3 is 2.72 bits per heavy atom. The number of hydrogen-bond acceptors (Lipinski definition) is 7. The summed E-state index contributed by atoms with van der Waals surface area (Å²) in [4.78, 5) is 35.0. The van der Waals surface area contributed by atoms with Gasteiger partial charge in [-0.05, 0) is 30.7 Å². The first-order chi connectivity index (χ1) is 15.4. The molecule has 10 heteroatoms. The molecule has 7 nitrogen and oxygen atoms in total. The molecule has 0 unspecified atom stereocenters. The number of amides is 2. The average Bonchev–Trinajstić information content (AvgIpc) is 3.44. The number of thiophene rings is 1. The van der Waals surface area contributed by atoms with Crippen LogP contribution in [0.3, 0.4) is 0 Å². The van der Waals surface area contributed by atoms with Gasteiger partial charge in [0.2, 0.25) is 11.8 Å². The number of carbonyl (C=O) groups excluding carboxylic acids is 2. The lowest BCUT2D eigenvalue weighted by Crippen LogP contribution is -2.27. The summed E-state index contributed by atoms with van der Waals surface area (Å²) in [6.07, 6.45) is 0.255. The smallest absolute Gasteiger partial charge is 0.230 e. The van der Waals surface area contributed by atoms with Gasteiger partial charge in [0.05, 0.1) is 22.5 Å². The SMILES string of the molecule is Cc1cc(Cl)cc(-c2ncnc3cc(CN4C(=O)CCC4=O)sc23)c1O[C@@H]1CNC[C@@H]1F. The molecule has 1 N–H and O–H groups in total. The highest BCUT2D eigenvalue weighted by Gasteiger charge is 2.31. The first kappa shape index (κ1) is 21.2. The second-order valence-electron chi connectivity index (χ2n) is 7.95. The van der Waals surface area contributed by atoms with E-state index in [9.17, 15) is 14.0 Å². The van der Waals surface area contributed by atoms with Crippen molar-refractivity contribution >= 4 is 45.0 Å². The Morgan fingerprint density at radius 2 is 2.00 bits per heavy atom. The van der Waals surface area contributed by atoms with E-state index in [1.165, 1.54) is 22.6 Å². The second kappa shape index (κ2) is 8.38. The Hall–Kier alpha value is -2.62. The molecule has 2 aromatic heterocycles. The molecule has 2 amide bonds. The van der Waals surface area contributed by atoms with Gasteiger partial charge in [-0.25, -0.2) is 14.4 Å². The van der Waals surface area contributed by atoms with Gasteiger partial charge in [0.1, 0.15) is 18.2 Å². The van der Waals surface area contributed by atoms with Crippen molar-refractivity contribution in [3.63, 3.8) is 0 Å². The minimum Gasteiger partial charge on any atom is -0.485 e. The molecule has 2 aliphatic heterocycles. The van der Waals surface area contributed by atoms with Crippen molar-refractivity contribution in [3.8, 4) is 17.0 Å². The number of aryl methyl sites for hydroxylation is 1. The lowest BCUT2D eigenvalue weighted by molar-refractivity contribution is -0.138. The summed E-state index contributed by atoms with van der Waals surface area (Å²) >= 11 is 7.77. The number of hydrogen-bond donors (Lipinski definition) is 1. The normalized spacial score (nSPS) is 21.2. The zero-order valence-electron chi connectivity index (χ0n) is 17.2. The van der Waals surface area contributed by atoms with Crippen molar-refractivity contribution in [2.75, 3.05) is 13.1 Å². The number of imide groups is 1. The number of ether oxygens (including phenoxy) is 1. The quantitative estimate of drug-likeness (QED) is 0.568. The Labute approximate surface area is 192 Å². The molecule has 3 aromatic rings. The van der Waals surface area contributed by atoms with Crippen LogP contribution >= 0.6 is 22.9 Å². The average molecular weight is 475 g/mol. The van der Waals surface area contributed by atoms with E-state index in [1.807, 2.05) is 13.0 Å². The summed E-state index contributed by atoms with van der Waals surface area (Å²) < 4.78 is 21.1. The van der Waals surface area contributed by atoms with Crippen molar-refractivity contribution in [1.29, 1.82) is 0 Å². The Morgan fingerprint density at radius 1 is 1.22 bits per heavy atom. The van der Waals surface area contributed by atoms with Crippen LogP contribution < -0.4 is 10.1 Å². The third kappa shape index (κ3) is 3.85. The van der Waals surface area contributed by atoms with Crippen molar-refractivity contribution < 1.29 is 18.7 Å². The summed E-state index contributed by atoms with van der Waals surface area (Å²) in [6, 6.07) is 5.40. The molecule has 0 spiro atoms. The highest BCUT2D eigenvalue weighted by molar-refractivity contribution is 7.19. The highest BCUT2D eigenvalue weighted by atomic mass is 35.5. The maximum Gasteiger partial charge on any atom is 0.230 e. The third-order valence-electron chi connectivity index (χ3n) is 5.68. The number of carbonyl (C=O) groups is 2. The number of fused-ring (bicyclic) bond motifs is 1. The first-order valence-electron chi connectivity index (χ1n) is 10.3. The molecule has 2 atom stereocenters. The summed E-state index contributed by atoms with van der Waals surface area (Å²) in [5.74, 6) is 0.210. The molecule has 2 fully saturated rings. The maximum atomic E-state index is 14.2. The van der Waals surface area contributed by atoms with E-state index < -0.39 is 12.3 Å². The van der Waals surface area contributed by atoms with Gasteiger partial charge >= 0.3 is 0 Å². The maximum absolute atomic E-state index is 14.2. The van der Waals surface area contributed by atoms with Gasteiger partial charge in [-0.3, -0.25) is 14.5 Å². The van der Waals surface area contributed by atoms with E-state index in [-0.39, 0.29) is 37.7 Å². The van der Waals surface area contributed by atoms with Crippen molar-refractivity contribution in [1.82, 2.24) is 20.2 Å². The van der Waals surface area contributed by atoms with Crippen LogP contribution in [0.5, 0.6) is 5.75 Å². The number of benzene rings is 1. The van der Waals surface area contributed by atoms with Crippen LogP contribution in [0.4, 0.5) is 4.39 Å². The third-order valence-corrected chi connectivity index (χ3v) is 7.02. The van der Waals surface area contributed by atoms with Gasteiger partial charge in [-0.1, -0.05) is 11.6 Å². The zero-order chi connectivity index (χ0) is 22.4. The van der Waals surface area contributed by atoms with Gasteiger partial charge in [0.25, 0.3) is 0 Å². The monoisotopic (exact) mass is 474 g/mol. The molecule has 4 heterocycles. The molecule has 32 heavy (non-hydrogen) atoms. The largest absolute Gasteiger partial charge is 0.485 e. The summed E-state index contributed by atoms with van der Waals surface area (Å²) in [6.45, 7) is 2.76. The first-order valence-corrected chi connectivity index (χ1v) is 11.5. The minimum atomic E-state index is -1.10. The number of alkyl halides is 1. The molecule has 0 bridgehead atoms. The van der Waals surface area contributed by atoms with E-state index in [1.54, 1.807) is 12.1 Å². The van der Waals surface area contributed by atoms with Gasteiger partial charge in [0, 0.05) is 41.4 Å². The van der Waals surface area contributed by atoms with E-state index in [2.05, 4.69) is 15.3 Å². The van der Waals surface area contributed by atoms with E-state index in [4.69, 9.17) is 16.3 Å². The number of halogens is 2. The molecule has 0 aliphatic carbocycles. The number of nitrogens with one attached hydrogen (secondary N) is 1. The Kier molecular flexibility index (Phi) is 5.56. The fraction of sp³-hybridized carbons (Fsp3) is 0.364. The van der Waals surface area contributed by atoms with Crippen LogP contribution in [0.1, 0.15) is 23.3 Å². The van der Waals surface area contributed by atoms with Crippen LogP contribution in [0.2, 0.25) is 5.02 Å². The van der Waals surface area contributed by atoms with E-state index >= 15 is 0 Å². The fourth-order valence-electron chi connectivity index (χ4n) is 4.08. The van der Waals surface area contributed by atoms with E-state index in [0.717, 1.165) is 15.1 Å². The van der Waals surface area contributed by atoms with Crippen LogP contribution in [0.25, 0.3) is 21.5 Å². The number of aromatic nitrogens is 2. The highest BCUT2D eigenvalue weighted by Crippen LogP contribution is 2.41. The molecule has 2 aliphatic rings. The van der Waals surface area contributed by atoms with Crippen LogP contribution in [0.15, 0.2) is 24.5 Å². The predicted molar refractivity (Wildman–Crippen MR) is 120 cm³/mol. The Bertz CT molecular complexity index is 1220. The molecular formula is C22H20ClFN4O3S. The van der Waals surface area contributed by atoms with Crippen LogP contribution in [-0.2, 0) is 16.1 Å². The lowest BCUT2D eigenvalue weighted by Gasteiger charge is -2.20. The van der Waals surface area contributed by atoms with Crippen LogP contribution in [-0.4, -0.2) is 52.0 Å². The summed E-state index contributed by atoms with van der Waals surface area (Å²) in [7, 11) is 0. The predicted octanol–water partition coefficient (Wildman–Crippen LogP) is 3.66. The minimum absolute atomic E-state index is 0.161. The molecule has 1 aromatic carbocycles. The fourth-order valence-corrected chi connectivity index (χ4v) is 5.46. The van der Waals surface area contributed by atoms with Gasteiger partial charge in [-0.15, -0.1) is 11.3 Å².